The highest BCUT2D eigenvalue weighted by Crippen LogP contribution is 2.37. The zero-order valence-electron chi connectivity index (χ0n) is 11.5. The van der Waals surface area contributed by atoms with Crippen LogP contribution in [0.3, 0.4) is 0 Å². The first-order valence-corrected chi connectivity index (χ1v) is 7.09. The minimum absolute atomic E-state index is 0.234. The number of pyridine rings is 1. The van der Waals surface area contributed by atoms with Crippen LogP contribution < -0.4 is 26.3 Å². The number of ether oxygens (including phenoxy) is 1. The average molecular weight is 339 g/mol. The molecule has 2 aromatic rings. The van der Waals surface area contributed by atoms with Crippen molar-refractivity contribution in [1.82, 2.24) is 15.9 Å². The van der Waals surface area contributed by atoms with Crippen LogP contribution in [0.15, 0.2) is 46.6 Å². The molecule has 0 radical (unpaired) electrons. The van der Waals surface area contributed by atoms with Crippen LogP contribution in [0.25, 0.3) is 11.1 Å². The Morgan fingerprint density at radius 1 is 1.18 bits per heavy atom. The molecular formula is C14H12Cl2N4O2. The molecule has 1 aromatic heterocycles. The Balaban J connectivity index is 2.20. The zero-order valence-corrected chi connectivity index (χ0v) is 13.0. The minimum atomic E-state index is -0.234. The third-order valence-electron chi connectivity index (χ3n) is 3.15. The van der Waals surface area contributed by atoms with Gasteiger partial charge in [0.1, 0.15) is 10.9 Å². The van der Waals surface area contributed by atoms with Crippen LogP contribution in [0.4, 0.5) is 5.69 Å². The monoisotopic (exact) mass is 338 g/mol. The van der Waals surface area contributed by atoms with Crippen LogP contribution in [0.5, 0.6) is 5.75 Å². The molecule has 0 bridgehead atoms. The van der Waals surface area contributed by atoms with Gasteiger partial charge in [-0.15, -0.1) is 5.53 Å². The van der Waals surface area contributed by atoms with Crippen molar-refractivity contribution >= 4 is 28.9 Å². The van der Waals surface area contributed by atoms with Crippen LogP contribution in [0, 0.1) is 0 Å². The summed E-state index contributed by atoms with van der Waals surface area (Å²) in [5.74, 6) is 0.533. The number of anilines is 1. The van der Waals surface area contributed by atoms with Gasteiger partial charge in [0.25, 0.3) is 0 Å². The van der Waals surface area contributed by atoms with E-state index in [1.807, 2.05) is 6.07 Å². The first-order chi connectivity index (χ1) is 10.6. The molecule has 8 heteroatoms. The molecular weight excluding hydrogens is 327 g/mol. The number of rotatable bonds is 3. The molecule has 3 rings (SSSR count). The highest BCUT2D eigenvalue weighted by atomic mass is 35.5. The summed E-state index contributed by atoms with van der Waals surface area (Å²) in [7, 11) is 1.54. The summed E-state index contributed by atoms with van der Waals surface area (Å²) in [6.07, 6.45) is 3.19. The smallest absolute Gasteiger partial charge is 0.248 e. The molecule has 0 spiro atoms. The maximum Gasteiger partial charge on any atom is 0.248 e. The first kappa shape index (κ1) is 14.8. The van der Waals surface area contributed by atoms with Gasteiger partial charge in [-0.05, 0) is 18.2 Å². The second kappa shape index (κ2) is 5.92. The number of hydrogen-bond acceptors (Lipinski definition) is 5. The maximum atomic E-state index is 11.7. The van der Waals surface area contributed by atoms with E-state index in [0.717, 1.165) is 11.3 Å². The van der Waals surface area contributed by atoms with Gasteiger partial charge in [0.05, 0.1) is 19.0 Å². The number of methoxy groups -OCH3 is 1. The topological polar surface area (TPSA) is 69.4 Å². The van der Waals surface area contributed by atoms with Crippen molar-refractivity contribution in [2.75, 3.05) is 12.1 Å². The van der Waals surface area contributed by atoms with Gasteiger partial charge in [-0.2, -0.15) is 0 Å². The zero-order chi connectivity index (χ0) is 15.7. The molecule has 114 valence electrons. The number of nitrogens with zero attached hydrogens (tertiary/aromatic N) is 1. The average Bonchev–Trinajstić information content (AvgIpc) is 2.93. The standard InChI is InChI=1S/C14H12Cl2N4O2/c1-22-12-6-17-14(21)5-10(12)9-4-8(15)2-3-11(9)20-7-13(16)18-19-20/h2-7,18-19H,1H3,(H,17,21). The third kappa shape index (κ3) is 2.76. The van der Waals surface area contributed by atoms with Crippen molar-refractivity contribution in [2.24, 2.45) is 0 Å². The summed E-state index contributed by atoms with van der Waals surface area (Å²) < 4.78 is 5.32. The van der Waals surface area contributed by atoms with E-state index in [1.165, 1.54) is 19.4 Å². The Bertz CT molecular complexity index is 804. The van der Waals surface area contributed by atoms with Crippen LogP contribution in [-0.2, 0) is 0 Å². The third-order valence-corrected chi connectivity index (χ3v) is 3.58. The van der Waals surface area contributed by atoms with Crippen LogP contribution in [0.1, 0.15) is 0 Å². The van der Waals surface area contributed by atoms with Gasteiger partial charge < -0.3 is 9.72 Å². The SMILES string of the molecule is COc1c[nH]c(=O)cc1-c1cc(Cl)ccc1N1C=C(Cl)NN1. The second-order valence-corrected chi connectivity index (χ2v) is 5.37. The van der Waals surface area contributed by atoms with Crippen LogP contribution >= 0.6 is 23.2 Å². The second-order valence-electron chi connectivity index (χ2n) is 4.52. The number of aromatic amines is 1. The predicted molar refractivity (Wildman–Crippen MR) is 86.7 cm³/mol. The van der Waals surface area contributed by atoms with E-state index >= 15 is 0 Å². The molecule has 0 atom stereocenters. The van der Waals surface area contributed by atoms with E-state index in [-0.39, 0.29) is 5.56 Å². The van der Waals surface area contributed by atoms with Crippen molar-refractivity contribution in [1.29, 1.82) is 0 Å². The molecule has 0 unspecified atom stereocenters. The Kier molecular flexibility index (Phi) is 3.98. The Morgan fingerprint density at radius 2 is 2.00 bits per heavy atom. The Morgan fingerprint density at radius 3 is 2.68 bits per heavy atom. The van der Waals surface area contributed by atoms with Gasteiger partial charge >= 0.3 is 0 Å². The van der Waals surface area contributed by atoms with E-state index in [0.29, 0.717) is 21.5 Å². The van der Waals surface area contributed by atoms with Gasteiger partial charge in [-0.25, -0.2) is 0 Å². The van der Waals surface area contributed by atoms with Gasteiger partial charge in [0, 0.05) is 28.4 Å². The van der Waals surface area contributed by atoms with E-state index in [9.17, 15) is 4.79 Å². The van der Waals surface area contributed by atoms with E-state index in [4.69, 9.17) is 27.9 Å². The lowest BCUT2D eigenvalue weighted by Crippen LogP contribution is -2.36. The van der Waals surface area contributed by atoms with Crippen molar-refractivity contribution in [3.05, 3.63) is 57.2 Å². The molecule has 2 heterocycles. The van der Waals surface area contributed by atoms with E-state index in [1.54, 1.807) is 23.3 Å². The molecule has 22 heavy (non-hydrogen) atoms. The number of halogens is 2. The fourth-order valence-electron chi connectivity index (χ4n) is 2.19. The Hall–Kier alpha value is -2.15. The van der Waals surface area contributed by atoms with Crippen molar-refractivity contribution in [3.63, 3.8) is 0 Å². The lowest BCUT2D eigenvalue weighted by atomic mass is 10.0. The van der Waals surface area contributed by atoms with Gasteiger partial charge in [-0.1, -0.05) is 23.2 Å². The molecule has 0 amide bonds. The molecule has 0 fully saturated rings. The number of nitrogens with one attached hydrogen (secondary N) is 3. The molecule has 1 aliphatic rings. The summed E-state index contributed by atoms with van der Waals surface area (Å²) in [5.41, 5.74) is 7.55. The number of aromatic nitrogens is 1. The van der Waals surface area contributed by atoms with Crippen molar-refractivity contribution in [2.45, 2.75) is 0 Å². The summed E-state index contributed by atoms with van der Waals surface area (Å²) in [5, 5.41) is 2.68. The van der Waals surface area contributed by atoms with Crippen LogP contribution in [-0.4, -0.2) is 12.1 Å². The molecule has 6 nitrogen and oxygen atoms in total. The summed E-state index contributed by atoms with van der Waals surface area (Å²) in [4.78, 5) is 14.3. The summed E-state index contributed by atoms with van der Waals surface area (Å²) in [6.45, 7) is 0. The largest absolute Gasteiger partial charge is 0.495 e. The van der Waals surface area contributed by atoms with Crippen molar-refractivity contribution < 1.29 is 4.74 Å². The molecule has 1 aliphatic heterocycles. The highest BCUT2D eigenvalue weighted by Gasteiger charge is 2.18. The first-order valence-electron chi connectivity index (χ1n) is 6.33. The molecule has 0 saturated heterocycles. The van der Waals surface area contributed by atoms with Crippen molar-refractivity contribution in [3.8, 4) is 16.9 Å². The molecule has 1 aromatic carbocycles. The van der Waals surface area contributed by atoms with Gasteiger partial charge in [-0.3, -0.25) is 15.2 Å². The number of hydrazine groups is 2. The quantitative estimate of drug-likeness (QED) is 0.750. The van der Waals surface area contributed by atoms with E-state index in [2.05, 4.69) is 15.9 Å². The minimum Gasteiger partial charge on any atom is -0.495 e. The molecule has 0 saturated carbocycles. The number of benzene rings is 1. The van der Waals surface area contributed by atoms with E-state index < -0.39 is 0 Å². The fraction of sp³-hybridized carbons (Fsp3) is 0.0714. The lowest BCUT2D eigenvalue weighted by Gasteiger charge is -2.20. The number of hydrogen-bond donors (Lipinski definition) is 3. The predicted octanol–water partition coefficient (Wildman–Crippen LogP) is 2.57. The van der Waals surface area contributed by atoms with Crippen LogP contribution in [0.2, 0.25) is 5.02 Å². The summed E-state index contributed by atoms with van der Waals surface area (Å²) in [6, 6.07) is 6.79. The maximum absolute atomic E-state index is 11.7. The lowest BCUT2D eigenvalue weighted by molar-refractivity contribution is 0.414. The fourth-order valence-corrected chi connectivity index (χ4v) is 2.50. The molecule has 3 N–H and O–H groups in total. The molecule has 0 aliphatic carbocycles. The number of H-pyrrole nitrogens is 1. The summed E-state index contributed by atoms with van der Waals surface area (Å²) >= 11 is 12.0. The van der Waals surface area contributed by atoms with Gasteiger partial charge in [0.15, 0.2) is 0 Å². The highest BCUT2D eigenvalue weighted by molar-refractivity contribution is 6.31. The Labute approximate surface area is 136 Å². The van der Waals surface area contributed by atoms with Gasteiger partial charge in [0.2, 0.25) is 5.56 Å². The normalized spacial score (nSPS) is 13.8.